The summed E-state index contributed by atoms with van der Waals surface area (Å²) in [6.45, 7) is 1.77. The van der Waals surface area contributed by atoms with Gasteiger partial charge in [0.05, 0.1) is 0 Å². The highest BCUT2D eigenvalue weighted by molar-refractivity contribution is 6.30. The first-order valence-corrected chi connectivity index (χ1v) is 8.96. The van der Waals surface area contributed by atoms with Gasteiger partial charge in [-0.25, -0.2) is 4.39 Å². The summed E-state index contributed by atoms with van der Waals surface area (Å²) in [5.41, 5.74) is 0.721. The molecule has 0 aromatic heterocycles. The van der Waals surface area contributed by atoms with Crippen molar-refractivity contribution in [1.29, 1.82) is 0 Å². The molecule has 0 saturated heterocycles. The molecule has 0 radical (unpaired) electrons. The van der Waals surface area contributed by atoms with E-state index in [1.807, 2.05) is 6.92 Å². The van der Waals surface area contributed by atoms with E-state index in [4.69, 9.17) is 16.3 Å². The first-order valence-electron chi connectivity index (χ1n) is 8.58. The summed E-state index contributed by atoms with van der Waals surface area (Å²) in [5.74, 6) is -0.465. The van der Waals surface area contributed by atoms with Gasteiger partial charge in [-0.1, -0.05) is 30.7 Å². The number of ether oxygens (including phenoxy) is 1. The molecule has 144 valence electrons. The number of hydrogen-bond acceptors (Lipinski definition) is 3. The van der Waals surface area contributed by atoms with E-state index in [0.717, 1.165) is 5.56 Å². The standard InChI is InChI=1S/C20H22ClFN2O3/c1-3-18(20(26)23-2)24(12-14-4-8-16(22)9-5-14)19(25)13-27-17-10-6-15(21)7-11-17/h4-11,18H,3,12-13H2,1-2H3,(H,23,26). The molecule has 2 rings (SSSR count). The molecule has 2 amide bonds. The number of nitrogens with one attached hydrogen (secondary N) is 1. The molecule has 1 unspecified atom stereocenters. The molecule has 5 nitrogen and oxygen atoms in total. The van der Waals surface area contributed by atoms with Crippen LogP contribution in [0.1, 0.15) is 18.9 Å². The SMILES string of the molecule is CCC(C(=O)NC)N(Cc1ccc(F)cc1)C(=O)COc1ccc(Cl)cc1. The molecular weight excluding hydrogens is 371 g/mol. The zero-order valence-electron chi connectivity index (χ0n) is 15.2. The summed E-state index contributed by atoms with van der Waals surface area (Å²) in [6, 6.07) is 11.8. The van der Waals surface area contributed by atoms with E-state index < -0.39 is 6.04 Å². The number of carbonyl (C=O) groups is 2. The van der Waals surface area contributed by atoms with Crippen molar-refractivity contribution in [2.24, 2.45) is 0 Å². The summed E-state index contributed by atoms with van der Waals surface area (Å²) >= 11 is 5.84. The number of halogens is 2. The fraction of sp³-hybridized carbons (Fsp3) is 0.300. The van der Waals surface area contributed by atoms with Crippen LogP contribution in [-0.4, -0.2) is 36.4 Å². The third kappa shape index (κ3) is 5.96. The Morgan fingerprint density at radius 1 is 1.15 bits per heavy atom. The molecule has 2 aromatic rings. The van der Waals surface area contributed by atoms with Crippen LogP contribution in [0.25, 0.3) is 0 Å². The van der Waals surface area contributed by atoms with Gasteiger partial charge in [0.25, 0.3) is 5.91 Å². The predicted octanol–water partition coefficient (Wildman–Crippen LogP) is 3.41. The smallest absolute Gasteiger partial charge is 0.261 e. The molecule has 1 atom stereocenters. The van der Waals surface area contributed by atoms with Crippen LogP contribution in [-0.2, 0) is 16.1 Å². The van der Waals surface area contributed by atoms with Gasteiger partial charge in [0.15, 0.2) is 6.61 Å². The van der Waals surface area contributed by atoms with Crippen molar-refractivity contribution in [3.63, 3.8) is 0 Å². The van der Waals surface area contributed by atoms with Gasteiger partial charge in [0, 0.05) is 18.6 Å². The van der Waals surface area contributed by atoms with Crippen molar-refractivity contribution in [3.05, 3.63) is 64.9 Å². The normalized spacial score (nSPS) is 11.6. The first-order chi connectivity index (χ1) is 12.9. The number of hydrogen-bond donors (Lipinski definition) is 1. The van der Waals surface area contributed by atoms with Gasteiger partial charge in [0.1, 0.15) is 17.6 Å². The molecule has 0 aliphatic rings. The Bertz CT molecular complexity index is 766. The summed E-state index contributed by atoms with van der Waals surface area (Å²) in [6.07, 6.45) is 0.438. The van der Waals surface area contributed by atoms with Crippen LogP contribution in [0, 0.1) is 5.82 Å². The maximum atomic E-state index is 13.2. The Labute approximate surface area is 163 Å². The maximum absolute atomic E-state index is 13.2. The topological polar surface area (TPSA) is 58.6 Å². The van der Waals surface area contributed by atoms with Crippen molar-refractivity contribution in [2.45, 2.75) is 25.9 Å². The maximum Gasteiger partial charge on any atom is 0.261 e. The van der Waals surface area contributed by atoms with Crippen LogP contribution in [0.3, 0.4) is 0 Å². The average molecular weight is 393 g/mol. The number of rotatable bonds is 8. The molecule has 27 heavy (non-hydrogen) atoms. The number of benzene rings is 2. The van der Waals surface area contributed by atoms with Crippen LogP contribution in [0.5, 0.6) is 5.75 Å². The molecule has 0 aliphatic heterocycles. The Morgan fingerprint density at radius 2 is 1.78 bits per heavy atom. The van der Waals surface area contributed by atoms with E-state index in [1.165, 1.54) is 24.1 Å². The molecule has 0 heterocycles. The quantitative estimate of drug-likeness (QED) is 0.749. The van der Waals surface area contributed by atoms with Crippen LogP contribution in [0.4, 0.5) is 4.39 Å². The molecule has 0 aliphatic carbocycles. The van der Waals surface area contributed by atoms with Gasteiger partial charge < -0.3 is 15.0 Å². The van der Waals surface area contributed by atoms with Crippen LogP contribution in [0.2, 0.25) is 5.02 Å². The van der Waals surface area contributed by atoms with E-state index in [1.54, 1.807) is 36.4 Å². The zero-order valence-corrected chi connectivity index (χ0v) is 16.0. The largest absolute Gasteiger partial charge is 0.484 e. The lowest BCUT2D eigenvalue weighted by Gasteiger charge is -2.30. The van der Waals surface area contributed by atoms with Gasteiger partial charge in [0.2, 0.25) is 5.91 Å². The summed E-state index contributed by atoms with van der Waals surface area (Å²) in [5, 5.41) is 3.14. The summed E-state index contributed by atoms with van der Waals surface area (Å²) in [7, 11) is 1.52. The number of nitrogens with zero attached hydrogens (tertiary/aromatic N) is 1. The minimum absolute atomic E-state index is 0.176. The Balaban J connectivity index is 2.15. The third-order valence-electron chi connectivity index (χ3n) is 4.07. The third-order valence-corrected chi connectivity index (χ3v) is 4.33. The van der Waals surface area contributed by atoms with Gasteiger partial charge in [-0.3, -0.25) is 9.59 Å². The van der Waals surface area contributed by atoms with Gasteiger partial charge in [-0.05, 0) is 48.4 Å². The monoisotopic (exact) mass is 392 g/mol. The highest BCUT2D eigenvalue weighted by Crippen LogP contribution is 2.17. The van der Waals surface area contributed by atoms with Crippen molar-refractivity contribution in [3.8, 4) is 5.75 Å². The second-order valence-electron chi connectivity index (χ2n) is 5.93. The lowest BCUT2D eigenvalue weighted by Crippen LogP contribution is -2.49. The Hall–Kier alpha value is -2.60. The number of carbonyl (C=O) groups excluding carboxylic acids is 2. The van der Waals surface area contributed by atoms with E-state index in [9.17, 15) is 14.0 Å². The van der Waals surface area contributed by atoms with Gasteiger partial charge in [-0.2, -0.15) is 0 Å². The Kier molecular flexibility index (Phi) is 7.61. The molecule has 7 heteroatoms. The minimum Gasteiger partial charge on any atom is -0.484 e. The summed E-state index contributed by atoms with van der Waals surface area (Å²) < 4.78 is 18.7. The minimum atomic E-state index is -0.652. The Morgan fingerprint density at radius 3 is 2.33 bits per heavy atom. The molecular formula is C20H22ClFN2O3. The van der Waals surface area contributed by atoms with Crippen molar-refractivity contribution in [1.82, 2.24) is 10.2 Å². The molecule has 1 N–H and O–H groups in total. The van der Waals surface area contributed by atoms with Crippen LogP contribution >= 0.6 is 11.6 Å². The van der Waals surface area contributed by atoms with Crippen LogP contribution < -0.4 is 10.1 Å². The highest BCUT2D eigenvalue weighted by Gasteiger charge is 2.28. The molecule has 0 bridgehead atoms. The van der Waals surface area contributed by atoms with Gasteiger partial charge in [-0.15, -0.1) is 0 Å². The zero-order chi connectivity index (χ0) is 19.8. The van der Waals surface area contributed by atoms with Crippen molar-refractivity contribution >= 4 is 23.4 Å². The average Bonchev–Trinajstić information content (AvgIpc) is 2.68. The molecule has 2 aromatic carbocycles. The molecule has 0 fully saturated rings. The number of likely N-dealkylation sites (N-methyl/N-ethyl adjacent to an activating group) is 1. The van der Waals surface area contributed by atoms with E-state index in [-0.39, 0.29) is 30.8 Å². The predicted molar refractivity (Wildman–Crippen MR) is 102 cm³/mol. The second-order valence-corrected chi connectivity index (χ2v) is 6.37. The van der Waals surface area contributed by atoms with E-state index >= 15 is 0 Å². The summed E-state index contributed by atoms with van der Waals surface area (Å²) in [4.78, 5) is 26.5. The van der Waals surface area contributed by atoms with Crippen molar-refractivity contribution < 1.29 is 18.7 Å². The van der Waals surface area contributed by atoms with E-state index in [2.05, 4.69) is 5.32 Å². The van der Waals surface area contributed by atoms with E-state index in [0.29, 0.717) is 17.2 Å². The fourth-order valence-electron chi connectivity index (χ4n) is 2.63. The van der Waals surface area contributed by atoms with Crippen LogP contribution in [0.15, 0.2) is 48.5 Å². The first kappa shape index (κ1) is 20.7. The number of amides is 2. The lowest BCUT2D eigenvalue weighted by atomic mass is 10.1. The fourth-order valence-corrected chi connectivity index (χ4v) is 2.76. The van der Waals surface area contributed by atoms with Crippen molar-refractivity contribution in [2.75, 3.05) is 13.7 Å². The highest BCUT2D eigenvalue weighted by atomic mass is 35.5. The van der Waals surface area contributed by atoms with Gasteiger partial charge >= 0.3 is 0 Å². The lowest BCUT2D eigenvalue weighted by molar-refractivity contribution is -0.142. The molecule has 0 saturated carbocycles. The second kappa shape index (κ2) is 9.92. The molecule has 0 spiro atoms.